The monoisotopic (exact) mass is 417 g/mol. The summed E-state index contributed by atoms with van der Waals surface area (Å²) in [6.07, 6.45) is 1.49. The Labute approximate surface area is 167 Å². The predicted octanol–water partition coefficient (Wildman–Crippen LogP) is 3.43. The Balaban J connectivity index is 1.68. The highest BCUT2D eigenvalue weighted by atomic mass is 32.2. The first-order valence-electron chi connectivity index (χ1n) is 8.51. The summed E-state index contributed by atoms with van der Waals surface area (Å²) in [5.74, 6) is 0.857. The highest BCUT2D eigenvalue weighted by Crippen LogP contribution is 2.23. The number of anilines is 1. The Morgan fingerprint density at radius 2 is 1.82 bits per heavy atom. The van der Waals surface area contributed by atoms with Gasteiger partial charge in [-0.2, -0.15) is 0 Å². The maximum atomic E-state index is 12.5. The summed E-state index contributed by atoms with van der Waals surface area (Å²) >= 11 is 1.58. The molecular weight excluding hydrogens is 398 g/mol. The number of carbonyl (C=O) groups excluding carboxylic acids is 1. The van der Waals surface area contributed by atoms with Crippen molar-refractivity contribution in [3.63, 3.8) is 0 Å². The van der Waals surface area contributed by atoms with Crippen LogP contribution in [0.2, 0.25) is 0 Å². The van der Waals surface area contributed by atoms with Crippen LogP contribution in [0.5, 0.6) is 0 Å². The average Bonchev–Trinajstić information content (AvgIpc) is 3.09. The van der Waals surface area contributed by atoms with Gasteiger partial charge in [0.15, 0.2) is 9.84 Å². The van der Waals surface area contributed by atoms with Gasteiger partial charge in [-0.3, -0.25) is 10.1 Å². The van der Waals surface area contributed by atoms with Crippen molar-refractivity contribution in [3.05, 3.63) is 65.5 Å². The molecule has 0 saturated heterocycles. The van der Waals surface area contributed by atoms with Crippen LogP contribution < -0.4 is 5.32 Å². The van der Waals surface area contributed by atoms with E-state index in [1.807, 2.05) is 19.1 Å². The van der Waals surface area contributed by atoms with E-state index >= 15 is 0 Å². The SMILES string of the molecule is CCSc1ccccc1C(=O)Nc1nnc(Cc2ccc(S(C)(=O)=O)cc2)o1. The van der Waals surface area contributed by atoms with E-state index in [0.717, 1.165) is 22.5 Å². The minimum Gasteiger partial charge on any atom is -0.407 e. The molecule has 0 saturated carbocycles. The molecule has 3 rings (SSSR count). The van der Waals surface area contributed by atoms with Crippen LogP contribution in [0.3, 0.4) is 0 Å². The second kappa shape index (κ2) is 8.57. The van der Waals surface area contributed by atoms with Crippen molar-refractivity contribution in [2.45, 2.75) is 23.1 Å². The highest BCUT2D eigenvalue weighted by molar-refractivity contribution is 7.99. The number of amides is 1. The van der Waals surface area contributed by atoms with Crippen LogP contribution in [0.1, 0.15) is 28.7 Å². The smallest absolute Gasteiger partial charge is 0.322 e. The lowest BCUT2D eigenvalue weighted by Crippen LogP contribution is -2.13. The lowest BCUT2D eigenvalue weighted by atomic mass is 10.1. The van der Waals surface area contributed by atoms with Crippen LogP contribution in [0.25, 0.3) is 0 Å². The minimum atomic E-state index is -3.24. The molecular formula is C19H19N3O4S2. The number of nitrogens with zero attached hydrogens (tertiary/aromatic N) is 2. The first-order chi connectivity index (χ1) is 13.4. The van der Waals surface area contributed by atoms with Gasteiger partial charge >= 0.3 is 6.01 Å². The van der Waals surface area contributed by atoms with Crippen molar-refractivity contribution >= 4 is 33.5 Å². The van der Waals surface area contributed by atoms with E-state index in [0.29, 0.717) is 17.9 Å². The zero-order chi connectivity index (χ0) is 20.1. The summed E-state index contributed by atoms with van der Waals surface area (Å²) in [7, 11) is -3.24. The van der Waals surface area contributed by atoms with Gasteiger partial charge in [0.1, 0.15) is 0 Å². The molecule has 1 aromatic heterocycles. The zero-order valence-corrected chi connectivity index (χ0v) is 17.0. The maximum absolute atomic E-state index is 12.5. The molecule has 28 heavy (non-hydrogen) atoms. The molecule has 9 heteroatoms. The maximum Gasteiger partial charge on any atom is 0.322 e. The van der Waals surface area contributed by atoms with E-state index in [1.165, 1.54) is 12.1 Å². The van der Waals surface area contributed by atoms with Crippen molar-refractivity contribution in [1.82, 2.24) is 10.2 Å². The molecule has 0 fully saturated rings. The first-order valence-corrected chi connectivity index (χ1v) is 11.4. The normalized spacial score (nSPS) is 11.4. The summed E-state index contributed by atoms with van der Waals surface area (Å²) in [5.41, 5.74) is 1.36. The van der Waals surface area contributed by atoms with E-state index < -0.39 is 9.84 Å². The molecule has 0 aliphatic carbocycles. The van der Waals surface area contributed by atoms with Crippen LogP contribution in [0.4, 0.5) is 6.01 Å². The van der Waals surface area contributed by atoms with Crippen molar-refractivity contribution in [2.75, 3.05) is 17.3 Å². The summed E-state index contributed by atoms with van der Waals surface area (Å²) in [5, 5.41) is 10.4. The van der Waals surface area contributed by atoms with Crippen molar-refractivity contribution in [2.24, 2.45) is 0 Å². The number of rotatable bonds is 7. The highest BCUT2D eigenvalue weighted by Gasteiger charge is 2.15. The summed E-state index contributed by atoms with van der Waals surface area (Å²) < 4.78 is 28.5. The molecule has 1 heterocycles. The van der Waals surface area contributed by atoms with E-state index in [4.69, 9.17) is 4.42 Å². The Morgan fingerprint density at radius 1 is 1.11 bits per heavy atom. The third-order valence-electron chi connectivity index (χ3n) is 3.83. The summed E-state index contributed by atoms with van der Waals surface area (Å²) in [4.78, 5) is 13.6. The summed E-state index contributed by atoms with van der Waals surface area (Å²) in [6.45, 7) is 2.02. The largest absolute Gasteiger partial charge is 0.407 e. The van der Waals surface area contributed by atoms with E-state index in [2.05, 4.69) is 15.5 Å². The lowest BCUT2D eigenvalue weighted by Gasteiger charge is -2.06. The van der Waals surface area contributed by atoms with E-state index in [9.17, 15) is 13.2 Å². The Hall–Kier alpha value is -2.65. The quantitative estimate of drug-likeness (QED) is 0.588. The molecule has 3 aromatic rings. The molecule has 1 amide bonds. The van der Waals surface area contributed by atoms with Gasteiger partial charge in [0.05, 0.1) is 16.9 Å². The van der Waals surface area contributed by atoms with E-state index in [1.54, 1.807) is 36.0 Å². The van der Waals surface area contributed by atoms with Crippen LogP contribution in [0.15, 0.2) is 62.7 Å². The van der Waals surface area contributed by atoms with Crippen molar-refractivity contribution in [3.8, 4) is 0 Å². The Kier molecular flexibility index (Phi) is 6.15. The fourth-order valence-corrected chi connectivity index (χ4v) is 3.94. The van der Waals surface area contributed by atoms with Crippen molar-refractivity contribution < 1.29 is 17.6 Å². The van der Waals surface area contributed by atoms with Gasteiger partial charge in [0, 0.05) is 11.2 Å². The third kappa shape index (κ3) is 4.99. The number of benzene rings is 2. The van der Waals surface area contributed by atoms with Gasteiger partial charge < -0.3 is 4.42 Å². The first kappa shape index (κ1) is 20.1. The number of nitrogens with one attached hydrogen (secondary N) is 1. The molecule has 0 unspecified atom stereocenters. The summed E-state index contributed by atoms with van der Waals surface area (Å²) in [6, 6.07) is 13.8. The second-order valence-electron chi connectivity index (χ2n) is 5.98. The third-order valence-corrected chi connectivity index (χ3v) is 5.91. The number of thioether (sulfide) groups is 1. The van der Waals surface area contributed by atoms with Crippen molar-refractivity contribution in [1.29, 1.82) is 0 Å². The Morgan fingerprint density at radius 3 is 2.50 bits per heavy atom. The predicted molar refractivity (Wildman–Crippen MR) is 107 cm³/mol. The van der Waals surface area contributed by atoms with Gasteiger partial charge in [-0.1, -0.05) is 36.3 Å². The molecule has 0 spiro atoms. The van der Waals surface area contributed by atoms with Gasteiger partial charge in [-0.15, -0.1) is 16.9 Å². The van der Waals surface area contributed by atoms with Gasteiger partial charge in [-0.05, 0) is 35.6 Å². The number of sulfone groups is 1. The molecule has 1 N–H and O–H groups in total. The fourth-order valence-electron chi connectivity index (χ4n) is 2.50. The molecule has 0 atom stereocenters. The van der Waals surface area contributed by atoms with Crippen LogP contribution in [-0.2, 0) is 16.3 Å². The molecule has 0 aliphatic heterocycles. The number of carbonyl (C=O) groups is 1. The molecule has 0 radical (unpaired) electrons. The second-order valence-corrected chi connectivity index (χ2v) is 9.30. The van der Waals surface area contributed by atoms with Crippen LogP contribution in [-0.4, -0.2) is 36.5 Å². The molecule has 0 aliphatic rings. The molecule has 2 aromatic carbocycles. The van der Waals surface area contributed by atoms with Crippen LogP contribution >= 0.6 is 11.8 Å². The van der Waals surface area contributed by atoms with Gasteiger partial charge in [0.2, 0.25) is 5.89 Å². The average molecular weight is 418 g/mol. The van der Waals surface area contributed by atoms with E-state index in [-0.39, 0.29) is 16.8 Å². The number of hydrogen-bond acceptors (Lipinski definition) is 7. The van der Waals surface area contributed by atoms with Gasteiger partial charge in [0.25, 0.3) is 5.91 Å². The molecule has 146 valence electrons. The van der Waals surface area contributed by atoms with Gasteiger partial charge in [-0.25, -0.2) is 8.42 Å². The molecule has 7 nitrogen and oxygen atoms in total. The minimum absolute atomic E-state index is 0.0176. The topological polar surface area (TPSA) is 102 Å². The lowest BCUT2D eigenvalue weighted by molar-refractivity contribution is 0.102. The zero-order valence-electron chi connectivity index (χ0n) is 15.4. The Bertz CT molecular complexity index is 1080. The molecule has 0 bridgehead atoms. The number of hydrogen-bond donors (Lipinski definition) is 1. The number of aromatic nitrogens is 2. The standard InChI is InChI=1S/C19H19N3O4S2/c1-3-27-16-7-5-4-6-15(16)18(23)20-19-22-21-17(26-19)12-13-8-10-14(11-9-13)28(2,24)25/h4-11H,3,12H2,1-2H3,(H,20,22,23). The van der Waals surface area contributed by atoms with Crippen LogP contribution in [0, 0.1) is 0 Å². The fraction of sp³-hybridized carbons (Fsp3) is 0.211.